The van der Waals surface area contributed by atoms with E-state index in [1.165, 1.54) is 9.35 Å². The van der Waals surface area contributed by atoms with Crippen molar-refractivity contribution in [2.75, 3.05) is 20.2 Å². The van der Waals surface area contributed by atoms with Gasteiger partial charge in [0.2, 0.25) is 0 Å². The molecule has 0 aliphatic carbocycles. The lowest BCUT2D eigenvalue weighted by Crippen LogP contribution is -2.23. The number of ether oxygens (including phenoxy) is 1. The van der Waals surface area contributed by atoms with Crippen LogP contribution in [-0.4, -0.2) is 25.1 Å². The normalized spacial score (nSPS) is 10.9. The number of thiophene rings is 1. The molecule has 5 heteroatoms. The summed E-state index contributed by atoms with van der Waals surface area (Å²) in [6, 6.07) is 10.1. The predicted molar refractivity (Wildman–Crippen MR) is 88.0 cm³/mol. The SMILES string of the molecule is CN(CCOc1ccc(Br)cc1)Cc1csc(Br)c1. The summed E-state index contributed by atoms with van der Waals surface area (Å²) < 4.78 is 7.96. The lowest BCUT2D eigenvalue weighted by Gasteiger charge is -2.16. The zero-order valence-corrected chi connectivity index (χ0v) is 14.6. The second-order valence-corrected chi connectivity index (χ2v) is 7.51. The van der Waals surface area contributed by atoms with E-state index in [-0.39, 0.29) is 0 Å². The van der Waals surface area contributed by atoms with Gasteiger partial charge in [0.05, 0.1) is 3.79 Å². The zero-order valence-electron chi connectivity index (χ0n) is 10.6. The molecule has 1 heterocycles. The van der Waals surface area contributed by atoms with Gasteiger partial charge in [-0.1, -0.05) is 15.9 Å². The van der Waals surface area contributed by atoms with Crippen LogP contribution in [0.25, 0.3) is 0 Å². The Kier molecular flexibility index (Phi) is 5.88. The van der Waals surface area contributed by atoms with Crippen LogP contribution in [-0.2, 0) is 6.54 Å². The minimum Gasteiger partial charge on any atom is -0.492 e. The standard InChI is InChI=1S/C14H15Br2NOS/c1-17(9-11-8-14(16)19-10-11)6-7-18-13-4-2-12(15)3-5-13/h2-5,8,10H,6-7,9H2,1H3. The summed E-state index contributed by atoms with van der Waals surface area (Å²) in [5.41, 5.74) is 1.34. The highest BCUT2D eigenvalue weighted by Crippen LogP contribution is 2.21. The van der Waals surface area contributed by atoms with Gasteiger partial charge in [-0.3, -0.25) is 4.90 Å². The summed E-state index contributed by atoms with van der Waals surface area (Å²) in [5.74, 6) is 0.912. The number of nitrogens with zero attached hydrogens (tertiary/aromatic N) is 1. The number of rotatable bonds is 6. The number of halogens is 2. The molecule has 0 radical (unpaired) electrons. The van der Waals surface area contributed by atoms with Gasteiger partial charge in [0.1, 0.15) is 12.4 Å². The summed E-state index contributed by atoms with van der Waals surface area (Å²) in [4.78, 5) is 2.26. The highest BCUT2D eigenvalue weighted by atomic mass is 79.9. The Hall–Kier alpha value is -0.360. The Morgan fingerprint density at radius 2 is 1.95 bits per heavy atom. The van der Waals surface area contributed by atoms with E-state index in [1.54, 1.807) is 11.3 Å². The number of hydrogen-bond donors (Lipinski definition) is 0. The van der Waals surface area contributed by atoms with Crippen LogP contribution in [0.15, 0.2) is 44.0 Å². The third-order valence-corrected chi connectivity index (χ3v) is 4.71. The molecule has 0 aliphatic rings. The smallest absolute Gasteiger partial charge is 0.119 e. The van der Waals surface area contributed by atoms with Gasteiger partial charge >= 0.3 is 0 Å². The van der Waals surface area contributed by atoms with Crippen LogP contribution in [0.5, 0.6) is 5.75 Å². The maximum Gasteiger partial charge on any atom is 0.119 e. The largest absolute Gasteiger partial charge is 0.492 e. The Labute approximate surface area is 134 Å². The third kappa shape index (κ3) is 5.26. The highest BCUT2D eigenvalue weighted by Gasteiger charge is 2.03. The first-order valence-corrected chi connectivity index (χ1v) is 8.40. The van der Waals surface area contributed by atoms with Crippen molar-refractivity contribution in [1.82, 2.24) is 4.90 Å². The molecule has 2 rings (SSSR count). The molecule has 0 N–H and O–H groups in total. The van der Waals surface area contributed by atoms with Crippen molar-refractivity contribution >= 4 is 43.2 Å². The topological polar surface area (TPSA) is 12.5 Å². The van der Waals surface area contributed by atoms with Gasteiger partial charge in [0.25, 0.3) is 0 Å². The first-order chi connectivity index (χ1) is 9.13. The number of hydrogen-bond acceptors (Lipinski definition) is 3. The number of likely N-dealkylation sites (N-methyl/N-ethyl adjacent to an activating group) is 1. The maximum atomic E-state index is 5.71. The molecule has 0 saturated heterocycles. The van der Waals surface area contributed by atoms with Crippen LogP contribution in [0.3, 0.4) is 0 Å². The minimum atomic E-state index is 0.698. The number of benzene rings is 1. The second kappa shape index (κ2) is 7.43. The van der Waals surface area contributed by atoms with E-state index in [1.807, 2.05) is 24.3 Å². The van der Waals surface area contributed by atoms with Gasteiger partial charge in [-0.15, -0.1) is 11.3 Å². The molecule has 102 valence electrons. The van der Waals surface area contributed by atoms with Crippen molar-refractivity contribution in [2.45, 2.75) is 6.54 Å². The monoisotopic (exact) mass is 403 g/mol. The van der Waals surface area contributed by atoms with E-state index in [0.29, 0.717) is 6.61 Å². The Morgan fingerprint density at radius 1 is 1.21 bits per heavy atom. The molecule has 1 aromatic carbocycles. The van der Waals surface area contributed by atoms with Gasteiger partial charge < -0.3 is 4.74 Å². The average Bonchev–Trinajstić information content (AvgIpc) is 2.77. The van der Waals surface area contributed by atoms with E-state index in [2.05, 4.69) is 55.3 Å². The van der Waals surface area contributed by atoms with Gasteiger partial charge in [0.15, 0.2) is 0 Å². The van der Waals surface area contributed by atoms with Crippen LogP contribution in [0.1, 0.15) is 5.56 Å². The zero-order chi connectivity index (χ0) is 13.7. The lowest BCUT2D eigenvalue weighted by atomic mass is 10.3. The van der Waals surface area contributed by atoms with Gasteiger partial charge in [-0.2, -0.15) is 0 Å². The molecule has 19 heavy (non-hydrogen) atoms. The molecule has 0 amide bonds. The van der Waals surface area contributed by atoms with Crippen molar-refractivity contribution in [3.8, 4) is 5.75 Å². The first kappa shape index (κ1) is 15.0. The Bertz CT molecular complexity index is 512. The fraction of sp³-hybridized carbons (Fsp3) is 0.286. The summed E-state index contributed by atoms with van der Waals surface area (Å²) in [6.45, 7) is 2.55. The summed E-state index contributed by atoms with van der Waals surface area (Å²) >= 11 is 8.61. The summed E-state index contributed by atoms with van der Waals surface area (Å²) in [6.07, 6.45) is 0. The first-order valence-electron chi connectivity index (χ1n) is 5.93. The van der Waals surface area contributed by atoms with Crippen LogP contribution in [0.4, 0.5) is 0 Å². The molecule has 0 spiro atoms. The molecule has 0 fully saturated rings. The quantitative estimate of drug-likeness (QED) is 0.686. The molecule has 0 unspecified atom stereocenters. The average molecular weight is 405 g/mol. The van der Waals surface area contributed by atoms with E-state index in [0.717, 1.165) is 23.3 Å². The molecule has 0 saturated carbocycles. The van der Waals surface area contributed by atoms with E-state index in [4.69, 9.17) is 4.74 Å². The summed E-state index contributed by atoms with van der Waals surface area (Å²) in [5, 5.41) is 2.18. The molecule has 0 bridgehead atoms. The molecule has 0 aliphatic heterocycles. The van der Waals surface area contributed by atoms with Crippen molar-refractivity contribution < 1.29 is 4.74 Å². The van der Waals surface area contributed by atoms with Crippen LogP contribution in [0, 0.1) is 0 Å². The lowest BCUT2D eigenvalue weighted by molar-refractivity contribution is 0.233. The summed E-state index contributed by atoms with van der Waals surface area (Å²) in [7, 11) is 2.11. The Morgan fingerprint density at radius 3 is 2.58 bits per heavy atom. The van der Waals surface area contributed by atoms with E-state index >= 15 is 0 Å². The fourth-order valence-corrected chi connectivity index (χ4v) is 3.13. The molecule has 2 nitrogen and oxygen atoms in total. The minimum absolute atomic E-state index is 0.698. The maximum absolute atomic E-state index is 5.71. The third-order valence-electron chi connectivity index (χ3n) is 2.63. The van der Waals surface area contributed by atoms with Gasteiger partial charge in [-0.25, -0.2) is 0 Å². The van der Waals surface area contributed by atoms with Crippen molar-refractivity contribution in [3.63, 3.8) is 0 Å². The van der Waals surface area contributed by atoms with Crippen molar-refractivity contribution in [2.24, 2.45) is 0 Å². The highest BCUT2D eigenvalue weighted by molar-refractivity contribution is 9.11. The van der Waals surface area contributed by atoms with Gasteiger partial charge in [0, 0.05) is 17.6 Å². The molecule has 1 aromatic heterocycles. The van der Waals surface area contributed by atoms with Crippen LogP contribution >= 0.6 is 43.2 Å². The van der Waals surface area contributed by atoms with Gasteiger partial charge in [-0.05, 0) is 64.3 Å². The Balaban J connectivity index is 1.71. The molecular weight excluding hydrogens is 390 g/mol. The van der Waals surface area contributed by atoms with E-state index in [9.17, 15) is 0 Å². The second-order valence-electron chi connectivity index (χ2n) is 4.30. The van der Waals surface area contributed by atoms with Crippen molar-refractivity contribution in [1.29, 1.82) is 0 Å². The molecule has 2 aromatic rings. The molecular formula is C14H15Br2NOS. The van der Waals surface area contributed by atoms with E-state index < -0.39 is 0 Å². The van der Waals surface area contributed by atoms with Crippen molar-refractivity contribution in [3.05, 3.63) is 49.5 Å². The molecule has 0 atom stereocenters. The van der Waals surface area contributed by atoms with Crippen LogP contribution < -0.4 is 4.74 Å². The predicted octanol–water partition coefficient (Wildman–Crippen LogP) is 4.78. The fourth-order valence-electron chi connectivity index (χ4n) is 1.67. The van der Waals surface area contributed by atoms with Crippen LogP contribution in [0.2, 0.25) is 0 Å².